The summed E-state index contributed by atoms with van der Waals surface area (Å²) in [6.07, 6.45) is 7.70. The van der Waals surface area contributed by atoms with Crippen molar-refractivity contribution in [3.05, 3.63) is 34.0 Å². The SMILES string of the molecule is Cc1ccc(CNCC2CC3C=CC2C3)s1. The average molecular weight is 233 g/mol. The van der Waals surface area contributed by atoms with Crippen LogP contribution in [0.1, 0.15) is 22.6 Å². The van der Waals surface area contributed by atoms with Gasteiger partial charge in [0.1, 0.15) is 0 Å². The molecule has 3 atom stereocenters. The molecular weight excluding hydrogens is 214 g/mol. The lowest BCUT2D eigenvalue weighted by Crippen LogP contribution is -2.24. The van der Waals surface area contributed by atoms with E-state index >= 15 is 0 Å². The van der Waals surface area contributed by atoms with Crippen LogP contribution in [0.2, 0.25) is 0 Å². The number of allylic oxidation sites excluding steroid dienone is 2. The first-order chi connectivity index (χ1) is 7.81. The van der Waals surface area contributed by atoms with Crippen LogP contribution < -0.4 is 5.32 Å². The standard InChI is InChI=1S/C14H19NS/c1-10-2-5-14(16-10)9-15-8-13-7-11-3-4-12(13)6-11/h2-5,11-13,15H,6-9H2,1H3. The summed E-state index contributed by atoms with van der Waals surface area (Å²) in [4.78, 5) is 2.89. The molecule has 86 valence electrons. The van der Waals surface area contributed by atoms with Crippen molar-refractivity contribution in [1.29, 1.82) is 0 Å². The maximum Gasteiger partial charge on any atom is 0.0299 e. The number of aryl methyl sites for hydroxylation is 1. The Labute approximate surface area is 102 Å². The quantitative estimate of drug-likeness (QED) is 0.786. The minimum absolute atomic E-state index is 0.877. The smallest absolute Gasteiger partial charge is 0.0299 e. The van der Waals surface area contributed by atoms with Crippen molar-refractivity contribution in [1.82, 2.24) is 5.32 Å². The molecule has 2 bridgehead atoms. The predicted molar refractivity (Wildman–Crippen MR) is 69.6 cm³/mol. The second-order valence-electron chi connectivity index (χ2n) is 5.18. The van der Waals surface area contributed by atoms with E-state index in [1.54, 1.807) is 0 Å². The molecule has 1 aromatic rings. The number of hydrogen-bond donors (Lipinski definition) is 1. The number of hydrogen-bond acceptors (Lipinski definition) is 2. The van der Waals surface area contributed by atoms with Gasteiger partial charge in [0.05, 0.1) is 0 Å². The van der Waals surface area contributed by atoms with Gasteiger partial charge in [0.25, 0.3) is 0 Å². The second kappa shape index (κ2) is 4.34. The molecule has 1 aromatic heterocycles. The fraction of sp³-hybridized carbons (Fsp3) is 0.571. The van der Waals surface area contributed by atoms with Gasteiger partial charge in [-0.1, -0.05) is 12.2 Å². The lowest BCUT2D eigenvalue weighted by molar-refractivity contribution is 0.415. The highest BCUT2D eigenvalue weighted by Crippen LogP contribution is 2.42. The molecule has 0 aliphatic heterocycles. The van der Waals surface area contributed by atoms with Crippen molar-refractivity contribution in [2.75, 3.05) is 6.54 Å². The van der Waals surface area contributed by atoms with Crippen molar-refractivity contribution in [3.8, 4) is 0 Å². The molecule has 2 heteroatoms. The molecule has 3 rings (SSSR count). The van der Waals surface area contributed by atoms with E-state index in [2.05, 4.69) is 36.5 Å². The third-order valence-electron chi connectivity index (χ3n) is 3.92. The highest BCUT2D eigenvalue weighted by atomic mass is 32.1. The first-order valence-corrected chi connectivity index (χ1v) is 7.07. The number of thiophene rings is 1. The van der Waals surface area contributed by atoms with E-state index in [0.717, 1.165) is 24.3 Å². The van der Waals surface area contributed by atoms with Gasteiger partial charge in [-0.25, -0.2) is 0 Å². The fourth-order valence-corrected chi connectivity index (χ4v) is 3.95. The zero-order valence-corrected chi connectivity index (χ0v) is 10.6. The number of nitrogens with one attached hydrogen (secondary N) is 1. The largest absolute Gasteiger partial charge is 0.312 e. The molecule has 0 spiro atoms. The van der Waals surface area contributed by atoms with Crippen LogP contribution in [0.15, 0.2) is 24.3 Å². The first kappa shape index (κ1) is 10.5. The monoisotopic (exact) mass is 233 g/mol. The van der Waals surface area contributed by atoms with Gasteiger partial charge in [0.2, 0.25) is 0 Å². The van der Waals surface area contributed by atoms with Gasteiger partial charge in [-0.15, -0.1) is 11.3 Å². The van der Waals surface area contributed by atoms with E-state index in [4.69, 9.17) is 0 Å². The maximum atomic E-state index is 3.62. The Bertz CT molecular complexity index is 393. The first-order valence-electron chi connectivity index (χ1n) is 6.25. The molecule has 1 N–H and O–H groups in total. The number of rotatable bonds is 4. The third kappa shape index (κ3) is 2.09. The molecule has 0 radical (unpaired) electrons. The van der Waals surface area contributed by atoms with Crippen LogP contribution in [0.5, 0.6) is 0 Å². The van der Waals surface area contributed by atoms with Crippen LogP contribution in [-0.2, 0) is 6.54 Å². The van der Waals surface area contributed by atoms with Crippen LogP contribution >= 0.6 is 11.3 Å². The van der Waals surface area contributed by atoms with Gasteiger partial charge < -0.3 is 5.32 Å². The molecule has 2 aliphatic rings. The Balaban J connectivity index is 1.46. The maximum absolute atomic E-state index is 3.62. The molecular formula is C14H19NS. The Morgan fingerprint density at radius 3 is 2.88 bits per heavy atom. The predicted octanol–water partition coefficient (Wildman–Crippen LogP) is 3.36. The average Bonchev–Trinajstić information content (AvgIpc) is 2.94. The highest BCUT2D eigenvalue weighted by molar-refractivity contribution is 7.11. The normalized spacial score (nSPS) is 31.4. The second-order valence-corrected chi connectivity index (χ2v) is 6.56. The van der Waals surface area contributed by atoms with Crippen molar-refractivity contribution in [2.24, 2.45) is 17.8 Å². The van der Waals surface area contributed by atoms with E-state index in [1.165, 1.54) is 29.1 Å². The molecule has 2 aliphatic carbocycles. The summed E-state index contributed by atoms with van der Waals surface area (Å²) in [5.41, 5.74) is 0. The zero-order valence-electron chi connectivity index (χ0n) is 9.78. The molecule has 0 amide bonds. The van der Waals surface area contributed by atoms with Crippen molar-refractivity contribution >= 4 is 11.3 Å². The summed E-state index contributed by atoms with van der Waals surface area (Å²) in [6.45, 7) is 4.42. The van der Waals surface area contributed by atoms with Crippen molar-refractivity contribution in [2.45, 2.75) is 26.3 Å². The zero-order chi connectivity index (χ0) is 11.0. The molecule has 1 heterocycles. The Morgan fingerprint density at radius 1 is 1.31 bits per heavy atom. The third-order valence-corrected chi connectivity index (χ3v) is 4.92. The van der Waals surface area contributed by atoms with Gasteiger partial charge in [-0.3, -0.25) is 0 Å². The van der Waals surface area contributed by atoms with E-state index < -0.39 is 0 Å². The molecule has 0 aromatic carbocycles. The van der Waals surface area contributed by atoms with E-state index in [0.29, 0.717) is 0 Å². The molecule has 1 saturated carbocycles. The molecule has 0 saturated heterocycles. The van der Waals surface area contributed by atoms with Gasteiger partial charge >= 0.3 is 0 Å². The Morgan fingerprint density at radius 2 is 2.25 bits per heavy atom. The number of fused-ring (bicyclic) bond motifs is 2. The van der Waals surface area contributed by atoms with Gasteiger partial charge in [0, 0.05) is 16.3 Å². The minimum Gasteiger partial charge on any atom is -0.312 e. The lowest BCUT2D eigenvalue weighted by Gasteiger charge is -2.18. The summed E-state index contributed by atoms with van der Waals surface area (Å²) in [5.74, 6) is 2.68. The van der Waals surface area contributed by atoms with E-state index in [9.17, 15) is 0 Å². The summed E-state index contributed by atoms with van der Waals surface area (Å²) in [7, 11) is 0. The van der Waals surface area contributed by atoms with Crippen molar-refractivity contribution in [3.63, 3.8) is 0 Å². The fourth-order valence-electron chi connectivity index (χ4n) is 3.09. The van der Waals surface area contributed by atoms with Crippen molar-refractivity contribution < 1.29 is 0 Å². The Hall–Kier alpha value is -0.600. The molecule has 3 unspecified atom stereocenters. The summed E-state index contributed by atoms with van der Waals surface area (Å²) in [5, 5.41) is 3.62. The Kier molecular flexibility index (Phi) is 2.86. The van der Waals surface area contributed by atoms with Gasteiger partial charge in [0.15, 0.2) is 0 Å². The van der Waals surface area contributed by atoms with Crippen LogP contribution in [0.25, 0.3) is 0 Å². The summed E-state index contributed by atoms with van der Waals surface area (Å²) < 4.78 is 0. The summed E-state index contributed by atoms with van der Waals surface area (Å²) in [6, 6.07) is 4.45. The molecule has 1 fully saturated rings. The topological polar surface area (TPSA) is 12.0 Å². The summed E-state index contributed by atoms with van der Waals surface area (Å²) >= 11 is 1.91. The van der Waals surface area contributed by atoms with Crippen LogP contribution in [0.3, 0.4) is 0 Å². The van der Waals surface area contributed by atoms with Gasteiger partial charge in [-0.05, 0) is 56.2 Å². The molecule has 1 nitrogen and oxygen atoms in total. The van der Waals surface area contributed by atoms with Crippen LogP contribution in [-0.4, -0.2) is 6.54 Å². The van der Waals surface area contributed by atoms with Crippen LogP contribution in [0, 0.1) is 24.7 Å². The van der Waals surface area contributed by atoms with Crippen LogP contribution in [0.4, 0.5) is 0 Å². The minimum atomic E-state index is 0.877. The lowest BCUT2D eigenvalue weighted by atomic mass is 9.94. The van der Waals surface area contributed by atoms with E-state index in [-0.39, 0.29) is 0 Å². The highest BCUT2D eigenvalue weighted by Gasteiger charge is 2.34. The molecule has 16 heavy (non-hydrogen) atoms. The van der Waals surface area contributed by atoms with E-state index in [1.807, 2.05) is 11.3 Å². The van der Waals surface area contributed by atoms with Gasteiger partial charge in [-0.2, -0.15) is 0 Å².